The second kappa shape index (κ2) is 12.1. The highest BCUT2D eigenvalue weighted by Crippen LogP contribution is 2.58. The summed E-state index contributed by atoms with van der Waals surface area (Å²) in [6, 6.07) is 30.4. The average Bonchev–Trinajstić information content (AvgIpc) is 3.33. The summed E-state index contributed by atoms with van der Waals surface area (Å²) in [6.07, 6.45) is 13.5. The van der Waals surface area contributed by atoms with Gasteiger partial charge in [-0.15, -0.1) is 0 Å². The largest absolute Gasteiger partial charge is 0.0714 e. The molecular weight excluding hydrogens is 565 g/mol. The monoisotopic (exact) mass is 622 g/mol. The average molecular weight is 623 g/mol. The second-order valence-electron chi connectivity index (χ2n) is 17.7. The lowest BCUT2D eigenvalue weighted by molar-refractivity contribution is 0.441. The molecule has 3 aliphatic rings. The van der Waals surface area contributed by atoms with Crippen molar-refractivity contribution in [1.82, 2.24) is 0 Å². The van der Waals surface area contributed by atoms with Crippen molar-refractivity contribution in [2.45, 2.75) is 148 Å². The first-order valence-corrected chi connectivity index (χ1v) is 18.9. The van der Waals surface area contributed by atoms with Gasteiger partial charge >= 0.3 is 0 Å². The molecule has 0 bridgehead atoms. The molecule has 2 fully saturated rings. The Morgan fingerprint density at radius 2 is 0.851 bits per heavy atom. The summed E-state index contributed by atoms with van der Waals surface area (Å²) >= 11 is 0. The third-order valence-corrected chi connectivity index (χ3v) is 12.1. The van der Waals surface area contributed by atoms with Gasteiger partial charge in [-0.25, -0.2) is 0 Å². The quantitative estimate of drug-likeness (QED) is 0.187. The van der Waals surface area contributed by atoms with Crippen LogP contribution in [0.2, 0.25) is 0 Å². The van der Waals surface area contributed by atoms with Crippen molar-refractivity contribution < 1.29 is 0 Å². The van der Waals surface area contributed by atoms with Gasteiger partial charge in [-0.1, -0.05) is 164 Å². The predicted molar refractivity (Wildman–Crippen MR) is 202 cm³/mol. The Morgan fingerprint density at radius 1 is 0.468 bits per heavy atom. The van der Waals surface area contributed by atoms with Crippen molar-refractivity contribution in [3.63, 3.8) is 0 Å². The Labute approximate surface area is 286 Å². The molecule has 0 heteroatoms. The van der Waals surface area contributed by atoms with Gasteiger partial charge in [-0.3, -0.25) is 0 Å². The third-order valence-electron chi connectivity index (χ3n) is 12.1. The first kappa shape index (κ1) is 32.4. The van der Waals surface area contributed by atoms with Gasteiger partial charge in [0.25, 0.3) is 0 Å². The highest BCUT2D eigenvalue weighted by atomic mass is 14.5. The van der Waals surface area contributed by atoms with E-state index in [1.165, 1.54) is 120 Å². The first-order chi connectivity index (χ1) is 22.4. The summed E-state index contributed by atoms with van der Waals surface area (Å²) in [7, 11) is 0. The van der Waals surface area contributed by atoms with Gasteiger partial charge in [0.1, 0.15) is 0 Å². The van der Waals surface area contributed by atoms with E-state index in [-0.39, 0.29) is 16.2 Å². The molecular formula is C47H58. The van der Waals surface area contributed by atoms with Crippen LogP contribution in [0.15, 0.2) is 72.8 Å². The van der Waals surface area contributed by atoms with Crippen molar-refractivity contribution in [1.29, 1.82) is 0 Å². The zero-order valence-corrected chi connectivity index (χ0v) is 30.7. The molecule has 246 valence electrons. The van der Waals surface area contributed by atoms with E-state index in [1.807, 2.05) is 0 Å². The van der Waals surface area contributed by atoms with Crippen LogP contribution in [0, 0.1) is 13.8 Å². The Balaban J connectivity index is 1.62. The Morgan fingerprint density at radius 3 is 1.21 bits per heavy atom. The summed E-state index contributed by atoms with van der Waals surface area (Å²) in [4.78, 5) is 0. The van der Waals surface area contributed by atoms with Gasteiger partial charge in [0.2, 0.25) is 0 Å². The number of benzene rings is 4. The summed E-state index contributed by atoms with van der Waals surface area (Å²) < 4.78 is 0. The molecule has 0 atom stereocenters. The van der Waals surface area contributed by atoms with E-state index in [4.69, 9.17) is 0 Å². The van der Waals surface area contributed by atoms with E-state index in [0.717, 1.165) is 0 Å². The molecule has 0 N–H and O–H groups in total. The van der Waals surface area contributed by atoms with Gasteiger partial charge in [0.05, 0.1) is 5.41 Å². The van der Waals surface area contributed by atoms with E-state index in [1.54, 1.807) is 11.1 Å². The fraction of sp³-hybridized carbons (Fsp3) is 0.489. The summed E-state index contributed by atoms with van der Waals surface area (Å²) in [5.41, 5.74) is 17.2. The second-order valence-corrected chi connectivity index (χ2v) is 17.7. The van der Waals surface area contributed by atoms with Crippen LogP contribution in [0.25, 0.3) is 11.1 Å². The SMILES string of the molecule is Cc1ccc2c(c1)C(c1cc(C3CCCCC3)cc(C(C)(C)C)c1)(c1cc(C3CCCCC3)cc(C(C)(C)C)c1)c1cc(C)ccc1-2. The maximum absolute atomic E-state index is 2.68. The van der Waals surface area contributed by atoms with Gasteiger partial charge < -0.3 is 0 Å². The molecule has 2 saturated carbocycles. The van der Waals surface area contributed by atoms with Crippen LogP contribution in [0.1, 0.15) is 173 Å². The van der Waals surface area contributed by atoms with Crippen LogP contribution in [-0.4, -0.2) is 0 Å². The van der Waals surface area contributed by atoms with E-state index >= 15 is 0 Å². The minimum absolute atomic E-state index is 0.0601. The number of fused-ring (bicyclic) bond motifs is 3. The van der Waals surface area contributed by atoms with Crippen LogP contribution < -0.4 is 0 Å². The van der Waals surface area contributed by atoms with Crippen LogP contribution >= 0.6 is 0 Å². The fourth-order valence-electron chi connectivity index (χ4n) is 9.29. The van der Waals surface area contributed by atoms with Crippen LogP contribution in [0.4, 0.5) is 0 Å². The van der Waals surface area contributed by atoms with Crippen molar-refractivity contribution >= 4 is 0 Å². The third kappa shape index (κ3) is 5.83. The number of aryl methyl sites for hydroxylation is 2. The maximum Gasteiger partial charge on any atom is 0.0714 e. The predicted octanol–water partition coefficient (Wildman–Crippen LogP) is 13.4. The molecule has 0 saturated heterocycles. The van der Waals surface area contributed by atoms with Crippen molar-refractivity contribution in [3.8, 4) is 11.1 Å². The summed E-state index contributed by atoms with van der Waals surface area (Å²) in [6.45, 7) is 19.1. The standard InChI is InChI=1S/C47H58/c1-31-19-21-41-42-22-20-32(2)24-44(42)47(43(41)23-31,39-27-35(33-15-11-9-12-16-33)25-37(29-39)45(3,4)5)40-28-36(34-17-13-10-14-18-34)26-38(30-40)46(6,7)8/h19-30,33-34H,9-18H2,1-8H3. The minimum atomic E-state index is -0.377. The topological polar surface area (TPSA) is 0 Å². The molecule has 0 unspecified atom stereocenters. The smallest absolute Gasteiger partial charge is 0.0587 e. The summed E-state index contributed by atoms with van der Waals surface area (Å²) in [5.74, 6) is 1.30. The van der Waals surface area contributed by atoms with Crippen molar-refractivity contribution in [2.75, 3.05) is 0 Å². The number of hydrogen-bond donors (Lipinski definition) is 0. The maximum atomic E-state index is 2.68. The normalized spacial score (nSPS) is 18.6. The van der Waals surface area contributed by atoms with Gasteiger partial charge in [0, 0.05) is 0 Å². The number of hydrogen-bond acceptors (Lipinski definition) is 0. The van der Waals surface area contributed by atoms with Crippen molar-refractivity contribution in [3.05, 3.63) is 128 Å². The fourth-order valence-corrected chi connectivity index (χ4v) is 9.29. The first-order valence-electron chi connectivity index (χ1n) is 18.9. The molecule has 0 nitrogen and oxygen atoms in total. The number of rotatable bonds is 4. The zero-order valence-electron chi connectivity index (χ0n) is 30.7. The van der Waals surface area contributed by atoms with E-state index in [9.17, 15) is 0 Å². The van der Waals surface area contributed by atoms with Crippen LogP contribution in [-0.2, 0) is 16.2 Å². The lowest BCUT2D eigenvalue weighted by Gasteiger charge is -2.38. The molecule has 0 heterocycles. The van der Waals surface area contributed by atoms with Gasteiger partial charge in [-0.05, 0) is 118 Å². The molecule has 47 heavy (non-hydrogen) atoms. The molecule has 0 radical (unpaired) electrons. The highest BCUT2D eigenvalue weighted by Gasteiger charge is 2.47. The Hall–Kier alpha value is -3.12. The van der Waals surface area contributed by atoms with E-state index < -0.39 is 0 Å². The lowest BCUT2D eigenvalue weighted by atomic mass is 9.64. The Bertz CT molecular complexity index is 1640. The minimum Gasteiger partial charge on any atom is -0.0587 e. The van der Waals surface area contributed by atoms with Crippen LogP contribution in [0.5, 0.6) is 0 Å². The molecule has 4 aromatic carbocycles. The molecule has 0 amide bonds. The molecule has 4 aromatic rings. The molecule has 0 spiro atoms. The molecule has 7 rings (SSSR count). The van der Waals surface area contributed by atoms with Gasteiger partial charge in [0.15, 0.2) is 0 Å². The van der Waals surface area contributed by atoms with Crippen LogP contribution in [0.3, 0.4) is 0 Å². The van der Waals surface area contributed by atoms with E-state index in [0.29, 0.717) is 11.8 Å². The zero-order chi connectivity index (χ0) is 33.1. The van der Waals surface area contributed by atoms with Crippen molar-refractivity contribution in [2.24, 2.45) is 0 Å². The Kier molecular flexibility index (Phi) is 8.34. The van der Waals surface area contributed by atoms with Gasteiger partial charge in [-0.2, -0.15) is 0 Å². The lowest BCUT2D eigenvalue weighted by Crippen LogP contribution is -2.31. The molecule has 0 aliphatic heterocycles. The van der Waals surface area contributed by atoms with E-state index in [2.05, 4.69) is 128 Å². The highest BCUT2D eigenvalue weighted by molar-refractivity contribution is 5.87. The molecule has 3 aliphatic carbocycles. The molecule has 0 aromatic heterocycles. The summed E-state index contributed by atoms with van der Waals surface area (Å²) in [5, 5.41) is 0.